The summed E-state index contributed by atoms with van der Waals surface area (Å²) in [7, 11) is 0. The van der Waals surface area contributed by atoms with Crippen LogP contribution in [0.1, 0.15) is 11.1 Å². The van der Waals surface area contributed by atoms with Crippen LogP contribution in [0.2, 0.25) is 5.02 Å². The Morgan fingerprint density at radius 3 is 2.59 bits per heavy atom. The fourth-order valence-electron chi connectivity index (χ4n) is 1.54. The van der Waals surface area contributed by atoms with Gasteiger partial charge in [-0.1, -0.05) is 23.7 Å². The zero-order valence-electron chi connectivity index (χ0n) is 8.98. The van der Waals surface area contributed by atoms with E-state index in [-0.39, 0.29) is 0 Å². The maximum atomic E-state index is 5.94. The molecule has 17 heavy (non-hydrogen) atoms. The first kappa shape index (κ1) is 12.1. The van der Waals surface area contributed by atoms with Gasteiger partial charge in [0.2, 0.25) is 0 Å². The highest BCUT2D eigenvalue weighted by molar-refractivity contribution is 6.31. The molecule has 4 heteroatoms. The quantitative estimate of drug-likeness (QED) is 0.772. The molecule has 1 aromatic carbocycles. The van der Waals surface area contributed by atoms with Crippen LogP contribution in [0.4, 0.5) is 0 Å². The number of hydrogen-bond acceptors (Lipinski definition) is 2. The molecule has 1 aromatic heterocycles. The van der Waals surface area contributed by atoms with Crippen molar-refractivity contribution in [3.8, 4) is 0 Å². The lowest BCUT2D eigenvalue weighted by Gasteiger charge is -2.05. The highest BCUT2D eigenvalue weighted by atomic mass is 35.5. The molecular weight excluding hydrogens is 255 g/mol. The Balaban J connectivity index is 2.24. The molecule has 1 heterocycles. The molecule has 0 spiro atoms. The van der Waals surface area contributed by atoms with Crippen LogP contribution in [0, 0.1) is 0 Å². The summed E-state index contributed by atoms with van der Waals surface area (Å²) in [6, 6.07) is 11.4. The van der Waals surface area contributed by atoms with Gasteiger partial charge in [-0.2, -0.15) is 4.51 Å². The Hall–Kier alpha value is -1.38. The summed E-state index contributed by atoms with van der Waals surface area (Å²) >= 11 is 11.6. The van der Waals surface area contributed by atoms with E-state index >= 15 is 0 Å². The standard InChI is InChI=1S/C13H10Cl2N2/c14-12-3-1-2-11(9-12)13(17-15)8-10-4-6-16-7-5-10/h1-7,9H,8H2/b17-13+. The molecule has 86 valence electrons. The van der Waals surface area contributed by atoms with Gasteiger partial charge in [0, 0.05) is 35.6 Å². The van der Waals surface area contributed by atoms with Gasteiger partial charge >= 0.3 is 0 Å². The fourth-order valence-corrected chi connectivity index (χ4v) is 1.89. The number of halogens is 2. The van der Waals surface area contributed by atoms with Crippen LogP contribution in [-0.4, -0.2) is 10.7 Å². The van der Waals surface area contributed by atoms with Crippen molar-refractivity contribution in [2.45, 2.75) is 6.42 Å². The lowest BCUT2D eigenvalue weighted by atomic mass is 10.0. The lowest BCUT2D eigenvalue weighted by Crippen LogP contribution is -2.04. The van der Waals surface area contributed by atoms with E-state index in [0.29, 0.717) is 11.4 Å². The van der Waals surface area contributed by atoms with Crippen LogP contribution in [0.15, 0.2) is 53.3 Å². The molecule has 0 amide bonds. The molecule has 0 atom stereocenters. The minimum Gasteiger partial charge on any atom is -0.265 e. The number of nitrogens with zero attached hydrogens (tertiary/aromatic N) is 2. The van der Waals surface area contributed by atoms with Gasteiger partial charge in [0.25, 0.3) is 0 Å². The van der Waals surface area contributed by atoms with Crippen molar-refractivity contribution in [2.24, 2.45) is 4.51 Å². The van der Waals surface area contributed by atoms with E-state index in [2.05, 4.69) is 9.50 Å². The Morgan fingerprint density at radius 1 is 1.18 bits per heavy atom. The molecule has 0 saturated carbocycles. The molecule has 0 saturated heterocycles. The molecule has 0 aliphatic heterocycles. The van der Waals surface area contributed by atoms with Gasteiger partial charge in [-0.3, -0.25) is 4.98 Å². The van der Waals surface area contributed by atoms with Crippen molar-refractivity contribution in [1.29, 1.82) is 0 Å². The molecule has 0 aliphatic carbocycles. The maximum absolute atomic E-state index is 5.94. The SMILES string of the molecule is Cl/N=C(\Cc1ccncc1)c1cccc(Cl)c1. The highest BCUT2D eigenvalue weighted by Crippen LogP contribution is 2.14. The summed E-state index contributed by atoms with van der Waals surface area (Å²) in [4.78, 5) is 3.97. The summed E-state index contributed by atoms with van der Waals surface area (Å²) < 4.78 is 3.80. The predicted octanol–water partition coefficient (Wildman–Crippen LogP) is 3.92. The van der Waals surface area contributed by atoms with Crippen molar-refractivity contribution >= 4 is 29.1 Å². The van der Waals surface area contributed by atoms with Crippen LogP contribution in [-0.2, 0) is 6.42 Å². The summed E-state index contributed by atoms with van der Waals surface area (Å²) in [6.07, 6.45) is 4.16. The third-order valence-electron chi connectivity index (χ3n) is 2.38. The maximum Gasteiger partial charge on any atom is 0.0667 e. The summed E-state index contributed by atoms with van der Waals surface area (Å²) in [6.45, 7) is 0. The molecule has 2 rings (SSSR count). The molecule has 0 N–H and O–H groups in total. The Kier molecular flexibility index (Phi) is 4.13. The first-order valence-corrected chi connectivity index (χ1v) is 5.84. The Labute approximate surface area is 110 Å². The topological polar surface area (TPSA) is 25.2 Å². The third kappa shape index (κ3) is 3.29. The fraction of sp³-hybridized carbons (Fsp3) is 0.0769. The van der Waals surface area contributed by atoms with E-state index < -0.39 is 0 Å². The van der Waals surface area contributed by atoms with E-state index in [1.54, 1.807) is 12.4 Å². The lowest BCUT2D eigenvalue weighted by molar-refractivity contribution is 1.24. The van der Waals surface area contributed by atoms with Crippen LogP contribution in [0.3, 0.4) is 0 Å². The van der Waals surface area contributed by atoms with Crippen molar-refractivity contribution in [3.63, 3.8) is 0 Å². The van der Waals surface area contributed by atoms with E-state index in [9.17, 15) is 0 Å². The second-order valence-electron chi connectivity index (χ2n) is 3.57. The molecule has 0 aliphatic rings. The van der Waals surface area contributed by atoms with E-state index in [1.807, 2.05) is 36.4 Å². The van der Waals surface area contributed by atoms with Crippen LogP contribution < -0.4 is 0 Å². The second kappa shape index (κ2) is 5.80. The largest absolute Gasteiger partial charge is 0.265 e. The smallest absolute Gasteiger partial charge is 0.0667 e. The van der Waals surface area contributed by atoms with Crippen molar-refractivity contribution < 1.29 is 0 Å². The summed E-state index contributed by atoms with van der Waals surface area (Å²) in [5.74, 6) is 0. The molecular formula is C13H10Cl2N2. The first-order chi connectivity index (χ1) is 8.29. The van der Waals surface area contributed by atoms with Gasteiger partial charge < -0.3 is 0 Å². The van der Waals surface area contributed by atoms with Crippen LogP contribution in [0.5, 0.6) is 0 Å². The predicted molar refractivity (Wildman–Crippen MR) is 71.8 cm³/mol. The third-order valence-corrected chi connectivity index (χ3v) is 2.82. The number of benzene rings is 1. The van der Waals surface area contributed by atoms with E-state index in [1.165, 1.54) is 0 Å². The summed E-state index contributed by atoms with van der Waals surface area (Å²) in [5, 5.41) is 0.676. The molecule has 0 bridgehead atoms. The average molecular weight is 265 g/mol. The zero-order chi connectivity index (χ0) is 12.1. The second-order valence-corrected chi connectivity index (χ2v) is 4.18. The number of hydrogen-bond donors (Lipinski definition) is 0. The molecule has 2 nitrogen and oxygen atoms in total. The van der Waals surface area contributed by atoms with Crippen molar-refractivity contribution in [3.05, 3.63) is 64.9 Å². The Morgan fingerprint density at radius 2 is 1.94 bits per heavy atom. The van der Waals surface area contributed by atoms with E-state index in [4.69, 9.17) is 23.4 Å². The Bertz CT molecular complexity index is 524. The van der Waals surface area contributed by atoms with E-state index in [0.717, 1.165) is 16.8 Å². The van der Waals surface area contributed by atoms with Gasteiger partial charge in [-0.25, -0.2) is 0 Å². The van der Waals surface area contributed by atoms with Gasteiger partial charge in [-0.15, -0.1) is 0 Å². The molecule has 2 aromatic rings. The molecule has 0 unspecified atom stereocenters. The minimum atomic E-state index is 0.659. The minimum absolute atomic E-state index is 0.659. The van der Waals surface area contributed by atoms with Crippen molar-refractivity contribution in [2.75, 3.05) is 0 Å². The van der Waals surface area contributed by atoms with Gasteiger partial charge in [0.15, 0.2) is 0 Å². The van der Waals surface area contributed by atoms with Crippen LogP contribution >= 0.6 is 23.4 Å². The monoisotopic (exact) mass is 264 g/mol. The van der Waals surface area contributed by atoms with Gasteiger partial charge in [0.1, 0.15) is 0 Å². The normalized spacial score (nSPS) is 11.5. The highest BCUT2D eigenvalue weighted by Gasteiger charge is 2.05. The van der Waals surface area contributed by atoms with Gasteiger partial charge in [0.05, 0.1) is 5.71 Å². The van der Waals surface area contributed by atoms with Gasteiger partial charge in [-0.05, 0) is 35.4 Å². The number of rotatable bonds is 3. The van der Waals surface area contributed by atoms with Crippen molar-refractivity contribution in [1.82, 2.24) is 4.98 Å². The average Bonchev–Trinajstić information content (AvgIpc) is 2.37. The summed E-state index contributed by atoms with van der Waals surface area (Å²) in [5.41, 5.74) is 2.84. The zero-order valence-corrected chi connectivity index (χ0v) is 10.5. The molecule has 0 fully saturated rings. The molecule has 0 radical (unpaired) electrons. The first-order valence-electron chi connectivity index (χ1n) is 5.12. The van der Waals surface area contributed by atoms with Crippen LogP contribution in [0.25, 0.3) is 0 Å². The number of pyridine rings is 1. The number of aromatic nitrogens is 1.